The standard InChI is InChI=1S/C21H16N2O4/c1-26-21(25)18-10-8-15(27-18)12-19-22-17-9-7-14(11-16(17)20(24)23-19)13-5-3-2-4-6-13/h2-11H,12H2,1H3,(H,22,23,24). The first-order chi connectivity index (χ1) is 13.1. The molecule has 0 saturated carbocycles. The van der Waals surface area contributed by atoms with E-state index >= 15 is 0 Å². The van der Waals surface area contributed by atoms with E-state index < -0.39 is 5.97 Å². The molecule has 4 rings (SSSR count). The molecule has 0 aliphatic heterocycles. The van der Waals surface area contributed by atoms with Gasteiger partial charge in [-0.2, -0.15) is 0 Å². The number of carbonyl (C=O) groups excluding carboxylic acids is 1. The highest BCUT2D eigenvalue weighted by atomic mass is 16.5. The molecule has 0 amide bonds. The van der Waals surface area contributed by atoms with E-state index in [1.807, 2.05) is 48.5 Å². The number of rotatable bonds is 4. The van der Waals surface area contributed by atoms with E-state index in [9.17, 15) is 9.59 Å². The van der Waals surface area contributed by atoms with Crippen LogP contribution in [-0.2, 0) is 11.2 Å². The molecule has 0 spiro atoms. The van der Waals surface area contributed by atoms with Crippen molar-refractivity contribution in [1.82, 2.24) is 9.97 Å². The molecule has 0 unspecified atom stereocenters. The second-order valence-electron chi connectivity index (χ2n) is 6.04. The first-order valence-electron chi connectivity index (χ1n) is 8.39. The van der Waals surface area contributed by atoms with Crippen LogP contribution < -0.4 is 5.56 Å². The summed E-state index contributed by atoms with van der Waals surface area (Å²) in [6.45, 7) is 0. The fourth-order valence-electron chi connectivity index (χ4n) is 2.93. The molecule has 27 heavy (non-hydrogen) atoms. The van der Waals surface area contributed by atoms with Gasteiger partial charge in [0.2, 0.25) is 5.76 Å². The van der Waals surface area contributed by atoms with Crippen molar-refractivity contribution in [3.63, 3.8) is 0 Å². The predicted molar refractivity (Wildman–Crippen MR) is 101 cm³/mol. The van der Waals surface area contributed by atoms with Crippen LogP contribution in [0, 0.1) is 0 Å². The molecule has 0 radical (unpaired) electrons. The lowest BCUT2D eigenvalue weighted by Gasteiger charge is -2.05. The number of furan rings is 1. The highest BCUT2D eigenvalue weighted by Crippen LogP contribution is 2.22. The van der Waals surface area contributed by atoms with Crippen molar-refractivity contribution in [2.45, 2.75) is 6.42 Å². The summed E-state index contributed by atoms with van der Waals surface area (Å²) >= 11 is 0. The summed E-state index contributed by atoms with van der Waals surface area (Å²) in [4.78, 5) is 31.3. The fraction of sp³-hybridized carbons (Fsp3) is 0.0952. The molecule has 0 aliphatic carbocycles. The number of aromatic amines is 1. The number of methoxy groups -OCH3 is 1. The SMILES string of the molecule is COC(=O)c1ccc(Cc2nc3ccc(-c4ccccc4)cc3c(=O)[nH]2)o1. The number of fused-ring (bicyclic) bond motifs is 1. The van der Waals surface area contributed by atoms with Gasteiger partial charge in [0, 0.05) is 0 Å². The lowest BCUT2D eigenvalue weighted by Crippen LogP contribution is -2.12. The summed E-state index contributed by atoms with van der Waals surface area (Å²) in [7, 11) is 1.29. The first-order valence-corrected chi connectivity index (χ1v) is 8.39. The normalized spacial score (nSPS) is 10.9. The Kier molecular flexibility index (Phi) is 4.30. The predicted octanol–water partition coefficient (Wildman–Crippen LogP) is 3.56. The number of ether oxygens (including phenoxy) is 1. The zero-order chi connectivity index (χ0) is 18.8. The molecule has 2 aromatic heterocycles. The maximum atomic E-state index is 12.5. The smallest absolute Gasteiger partial charge is 0.373 e. The molecular weight excluding hydrogens is 344 g/mol. The van der Waals surface area contributed by atoms with E-state index in [1.165, 1.54) is 13.2 Å². The van der Waals surface area contributed by atoms with Crippen LogP contribution >= 0.6 is 0 Å². The molecule has 2 aromatic carbocycles. The molecule has 0 bridgehead atoms. The zero-order valence-corrected chi connectivity index (χ0v) is 14.6. The zero-order valence-electron chi connectivity index (χ0n) is 14.6. The molecule has 0 atom stereocenters. The van der Waals surface area contributed by atoms with Crippen molar-refractivity contribution in [1.29, 1.82) is 0 Å². The summed E-state index contributed by atoms with van der Waals surface area (Å²) in [6.07, 6.45) is 0.266. The minimum Gasteiger partial charge on any atom is -0.463 e. The Bertz CT molecular complexity index is 1180. The van der Waals surface area contributed by atoms with Crippen molar-refractivity contribution in [3.8, 4) is 11.1 Å². The third kappa shape index (κ3) is 3.37. The Morgan fingerprint density at radius 3 is 2.67 bits per heavy atom. The van der Waals surface area contributed by atoms with Gasteiger partial charge in [-0.1, -0.05) is 36.4 Å². The van der Waals surface area contributed by atoms with E-state index in [0.29, 0.717) is 22.5 Å². The van der Waals surface area contributed by atoms with Crippen molar-refractivity contribution >= 4 is 16.9 Å². The number of carbonyl (C=O) groups is 1. The number of hydrogen-bond donors (Lipinski definition) is 1. The van der Waals surface area contributed by atoms with Crippen LogP contribution in [0.2, 0.25) is 0 Å². The van der Waals surface area contributed by atoms with Crippen LogP contribution in [0.5, 0.6) is 0 Å². The van der Waals surface area contributed by atoms with Gasteiger partial charge in [-0.15, -0.1) is 0 Å². The van der Waals surface area contributed by atoms with E-state index in [0.717, 1.165) is 11.1 Å². The minimum atomic E-state index is -0.547. The molecule has 6 nitrogen and oxygen atoms in total. The second kappa shape index (κ2) is 6.92. The topological polar surface area (TPSA) is 85.2 Å². The van der Waals surface area contributed by atoms with Crippen molar-refractivity contribution in [2.24, 2.45) is 0 Å². The maximum absolute atomic E-state index is 12.5. The van der Waals surface area contributed by atoms with E-state index in [2.05, 4.69) is 14.7 Å². The van der Waals surface area contributed by atoms with Crippen LogP contribution in [0.4, 0.5) is 0 Å². The Morgan fingerprint density at radius 1 is 1.07 bits per heavy atom. The van der Waals surface area contributed by atoms with Crippen LogP contribution in [0.3, 0.4) is 0 Å². The quantitative estimate of drug-likeness (QED) is 0.563. The fourth-order valence-corrected chi connectivity index (χ4v) is 2.93. The van der Waals surface area contributed by atoms with E-state index in [1.54, 1.807) is 6.07 Å². The molecule has 4 aromatic rings. The summed E-state index contributed by atoms with van der Waals surface area (Å²) in [5.41, 5.74) is 2.38. The molecule has 0 saturated heterocycles. The summed E-state index contributed by atoms with van der Waals surface area (Å²) in [5.74, 6) is 0.544. The minimum absolute atomic E-state index is 0.114. The van der Waals surface area contributed by atoms with Gasteiger partial charge in [0.1, 0.15) is 11.6 Å². The summed E-state index contributed by atoms with van der Waals surface area (Å²) in [6, 6.07) is 18.7. The van der Waals surface area contributed by atoms with Gasteiger partial charge < -0.3 is 14.1 Å². The third-order valence-corrected chi connectivity index (χ3v) is 4.25. The van der Waals surface area contributed by atoms with Gasteiger partial charge in [-0.3, -0.25) is 4.79 Å². The molecule has 1 N–H and O–H groups in total. The Labute approximate surface area is 154 Å². The maximum Gasteiger partial charge on any atom is 0.373 e. The van der Waals surface area contributed by atoms with Crippen molar-refractivity contribution < 1.29 is 13.9 Å². The molecule has 2 heterocycles. The van der Waals surface area contributed by atoms with Gasteiger partial charge in [-0.25, -0.2) is 9.78 Å². The summed E-state index contributed by atoms with van der Waals surface area (Å²) < 4.78 is 10.1. The van der Waals surface area contributed by atoms with Crippen LogP contribution in [0.25, 0.3) is 22.0 Å². The lowest BCUT2D eigenvalue weighted by atomic mass is 10.0. The monoisotopic (exact) mass is 360 g/mol. The number of nitrogens with one attached hydrogen (secondary N) is 1. The van der Waals surface area contributed by atoms with Gasteiger partial charge >= 0.3 is 5.97 Å². The molecule has 0 fully saturated rings. The van der Waals surface area contributed by atoms with Crippen LogP contribution in [0.15, 0.2) is 69.9 Å². The first kappa shape index (κ1) is 16.8. The number of hydrogen-bond acceptors (Lipinski definition) is 5. The van der Waals surface area contributed by atoms with Gasteiger partial charge in [0.25, 0.3) is 5.56 Å². The molecule has 0 aliphatic rings. The van der Waals surface area contributed by atoms with Crippen LogP contribution in [0.1, 0.15) is 22.1 Å². The Morgan fingerprint density at radius 2 is 1.89 bits per heavy atom. The molecule has 134 valence electrons. The summed E-state index contributed by atoms with van der Waals surface area (Å²) in [5, 5.41) is 0.523. The average molecular weight is 360 g/mol. The van der Waals surface area contributed by atoms with Crippen LogP contribution in [-0.4, -0.2) is 23.0 Å². The molecule has 6 heteroatoms. The number of aromatic nitrogens is 2. The van der Waals surface area contributed by atoms with Gasteiger partial charge in [0.05, 0.1) is 24.4 Å². The van der Waals surface area contributed by atoms with Crippen molar-refractivity contribution in [3.05, 3.63) is 88.4 Å². The largest absolute Gasteiger partial charge is 0.463 e. The number of esters is 1. The van der Waals surface area contributed by atoms with Crippen molar-refractivity contribution in [2.75, 3.05) is 7.11 Å². The lowest BCUT2D eigenvalue weighted by molar-refractivity contribution is 0.0563. The number of nitrogens with zero attached hydrogens (tertiary/aromatic N) is 1. The van der Waals surface area contributed by atoms with Gasteiger partial charge in [-0.05, 0) is 35.4 Å². The second-order valence-corrected chi connectivity index (χ2v) is 6.04. The highest BCUT2D eigenvalue weighted by molar-refractivity contribution is 5.86. The van der Waals surface area contributed by atoms with E-state index in [4.69, 9.17) is 4.42 Å². The highest BCUT2D eigenvalue weighted by Gasteiger charge is 2.13. The van der Waals surface area contributed by atoms with E-state index in [-0.39, 0.29) is 17.7 Å². The number of benzene rings is 2. The molecular formula is C21H16N2O4. The average Bonchev–Trinajstić information content (AvgIpc) is 3.16. The third-order valence-electron chi connectivity index (χ3n) is 4.25. The number of H-pyrrole nitrogens is 1. The Balaban J connectivity index is 1.67. The Hall–Kier alpha value is -3.67. The van der Waals surface area contributed by atoms with Gasteiger partial charge in [0.15, 0.2) is 0 Å².